The number of aryl methyl sites for hydroxylation is 1. The third kappa shape index (κ3) is 2.72. The maximum Gasteiger partial charge on any atom is 0.0945 e. The molecule has 1 saturated carbocycles. The average Bonchev–Trinajstić information content (AvgIpc) is 2.61. The molecule has 0 atom stereocenters. The van der Waals surface area contributed by atoms with Crippen LogP contribution < -0.4 is 5.32 Å². The highest BCUT2D eigenvalue weighted by atomic mass is 35.5. The second-order valence-corrected chi connectivity index (χ2v) is 4.49. The van der Waals surface area contributed by atoms with Crippen LogP contribution in [0.4, 0.5) is 0 Å². The quantitative estimate of drug-likeness (QED) is 0.595. The van der Waals surface area contributed by atoms with Gasteiger partial charge in [-0.2, -0.15) is 0 Å². The van der Waals surface area contributed by atoms with Gasteiger partial charge in [-0.3, -0.25) is 0 Å². The molecule has 3 nitrogen and oxygen atoms in total. The highest BCUT2D eigenvalue weighted by Gasteiger charge is 2.25. The monoisotopic (exact) mass is 213 g/mol. The topological polar surface area (TPSA) is 29.9 Å². The molecule has 2 rings (SSSR count). The Morgan fingerprint density at radius 2 is 2.36 bits per heavy atom. The summed E-state index contributed by atoms with van der Waals surface area (Å²) in [6, 6.07) is 0.667. The molecule has 1 heterocycles. The van der Waals surface area contributed by atoms with Crippen molar-refractivity contribution in [1.29, 1.82) is 0 Å². The van der Waals surface area contributed by atoms with Crippen molar-refractivity contribution in [3.63, 3.8) is 0 Å². The molecular formula is C10H16ClN3. The van der Waals surface area contributed by atoms with Gasteiger partial charge in [0.1, 0.15) is 0 Å². The third-order valence-electron chi connectivity index (χ3n) is 2.67. The minimum absolute atomic E-state index is 0.418. The highest BCUT2D eigenvalue weighted by Crippen LogP contribution is 2.24. The fourth-order valence-electron chi connectivity index (χ4n) is 1.70. The number of hydrogen-bond acceptors (Lipinski definition) is 2. The fourth-order valence-corrected chi connectivity index (χ4v) is 2.13. The van der Waals surface area contributed by atoms with E-state index in [1.54, 1.807) is 0 Å². The van der Waals surface area contributed by atoms with Gasteiger partial charge < -0.3 is 9.88 Å². The fraction of sp³-hybridized carbons (Fsp3) is 0.700. The van der Waals surface area contributed by atoms with Crippen molar-refractivity contribution >= 4 is 11.6 Å². The lowest BCUT2D eigenvalue weighted by atomic mass is 9.92. The van der Waals surface area contributed by atoms with Crippen molar-refractivity contribution in [2.45, 2.75) is 37.2 Å². The SMILES string of the molecule is ClC1CC(NCCCn2ccnc2)C1. The molecule has 0 amide bonds. The number of aromatic nitrogens is 2. The second kappa shape index (κ2) is 4.80. The van der Waals surface area contributed by atoms with E-state index in [9.17, 15) is 0 Å². The Balaban J connectivity index is 1.52. The Morgan fingerprint density at radius 1 is 1.50 bits per heavy atom. The Bertz CT molecular complexity index is 254. The summed E-state index contributed by atoms with van der Waals surface area (Å²) in [7, 11) is 0. The van der Waals surface area contributed by atoms with Crippen molar-refractivity contribution in [2.75, 3.05) is 6.54 Å². The molecule has 0 unspecified atom stereocenters. The van der Waals surface area contributed by atoms with E-state index in [2.05, 4.69) is 14.9 Å². The number of nitrogens with one attached hydrogen (secondary N) is 1. The lowest BCUT2D eigenvalue weighted by Gasteiger charge is -2.31. The van der Waals surface area contributed by atoms with Gasteiger partial charge in [-0.25, -0.2) is 4.98 Å². The molecule has 1 aliphatic rings. The van der Waals surface area contributed by atoms with Gasteiger partial charge in [-0.1, -0.05) is 0 Å². The van der Waals surface area contributed by atoms with E-state index in [1.165, 1.54) is 0 Å². The molecule has 4 heteroatoms. The van der Waals surface area contributed by atoms with E-state index in [0.29, 0.717) is 11.4 Å². The second-order valence-electron chi connectivity index (χ2n) is 3.87. The van der Waals surface area contributed by atoms with Gasteiger partial charge in [-0.05, 0) is 25.8 Å². The van der Waals surface area contributed by atoms with Crippen LogP contribution in [-0.2, 0) is 6.54 Å². The van der Waals surface area contributed by atoms with Crippen molar-refractivity contribution in [2.24, 2.45) is 0 Å². The van der Waals surface area contributed by atoms with Gasteiger partial charge in [0.2, 0.25) is 0 Å². The first-order valence-corrected chi connectivity index (χ1v) is 5.61. The predicted octanol–water partition coefficient (Wildman–Crippen LogP) is 1.63. The van der Waals surface area contributed by atoms with Gasteiger partial charge in [0.15, 0.2) is 0 Å². The van der Waals surface area contributed by atoms with Gasteiger partial charge in [0.25, 0.3) is 0 Å². The summed E-state index contributed by atoms with van der Waals surface area (Å²) in [4.78, 5) is 4.00. The Hall–Kier alpha value is -0.540. The van der Waals surface area contributed by atoms with Gasteiger partial charge >= 0.3 is 0 Å². The first kappa shape index (κ1) is 9.99. The summed E-state index contributed by atoms with van der Waals surface area (Å²) in [5.74, 6) is 0. The lowest BCUT2D eigenvalue weighted by molar-refractivity contribution is 0.342. The van der Waals surface area contributed by atoms with Crippen molar-refractivity contribution < 1.29 is 0 Å². The van der Waals surface area contributed by atoms with Gasteiger partial charge in [0.05, 0.1) is 6.33 Å². The van der Waals surface area contributed by atoms with E-state index < -0.39 is 0 Å². The number of rotatable bonds is 5. The summed E-state index contributed by atoms with van der Waals surface area (Å²) in [5.41, 5.74) is 0. The van der Waals surface area contributed by atoms with Crippen LogP contribution in [0, 0.1) is 0 Å². The summed E-state index contributed by atoms with van der Waals surface area (Å²) >= 11 is 5.89. The zero-order chi connectivity index (χ0) is 9.80. The number of halogens is 1. The molecule has 0 bridgehead atoms. The summed E-state index contributed by atoms with van der Waals surface area (Å²) in [6.45, 7) is 2.12. The van der Waals surface area contributed by atoms with Crippen LogP contribution in [0.15, 0.2) is 18.7 Å². The van der Waals surface area contributed by atoms with Gasteiger partial charge in [0, 0.05) is 30.4 Å². The molecule has 0 aromatic carbocycles. The minimum Gasteiger partial charge on any atom is -0.337 e. The number of alkyl halides is 1. The van der Waals surface area contributed by atoms with E-state index in [-0.39, 0.29) is 0 Å². The normalized spacial score (nSPS) is 26.1. The molecule has 78 valence electrons. The van der Waals surface area contributed by atoms with E-state index in [4.69, 9.17) is 11.6 Å². The maximum atomic E-state index is 5.89. The highest BCUT2D eigenvalue weighted by molar-refractivity contribution is 6.21. The molecule has 1 aliphatic carbocycles. The smallest absolute Gasteiger partial charge is 0.0945 e. The lowest BCUT2D eigenvalue weighted by Crippen LogP contribution is -2.42. The largest absolute Gasteiger partial charge is 0.337 e. The molecule has 0 spiro atoms. The first-order valence-electron chi connectivity index (χ1n) is 5.18. The Morgan fingerprint density at radius 3 is 3.00 bits per heavy atom. The molecule has 0 radical (unpaired) electrons. The predicted molar refractivity (Wildman–Crippen MR) is 57.5 cm³/mol. The molecule has 1 N–H and O–H groups in total. The van der Waals surface area contributed by atoms with Crippen molar-refractivity contribution in [3.8, 4) is 0 Å². The number of hydrogen-bond donors (Lipinski definition) is 1. The van der Waals surface area contributed by atoms with Crippen LogP contribution in [0.2, 0.25) is 0 Å². The van der Waals surface area contributed by atoms with Crippen LogP contribution in [-0.4, -0.2) is 27.5 Å². The van der Waals surface area contributed by atoms with Crippen LogP contribution in [0.3, 0.4) is 0 Å². The third-order valence-corrected chi connectivity index (χ3v) is 3.02. The molecule has 1 fully saturated rings. The van der Waals surface area contributed by atoms with Crippen LogP contribution in [0.25, 0.3) is 0 Å². The summed E-state index contributed by atoms with van der Waals surface area (Å²) < 4.78 is 2.10. The minimum atomic E-state index is 0.418. The Labute approximate surface area is 89.5 Å². The van der Waals surface area contributed by atoms with E-state index >= 15 is 0 Å². The molecule has 14 heavy (non-hydrogen) atoms. The first-order chi connectivity index (χ1) is 6.84. The molecular weight excluding hydrogens is 198 g/mol. The summed E-state index contributed by atoms with van der Waals surface area (Å²) in [6.07, 6.45) is 9.09. The number of imidazole rings is 1. The zero-order valence-corrected chi connectivity index (χ0v) is 8.95. The van der Waals surface area contributed by atoms with Crippen molar-refractivity contribution in [1.82, 2.24) is 14.9 Å². The van der Waals surface area contributed by atoms with Crippen LogP contribution in [0.1, 0.15) is 19.3 Å². The summed E-state index contributed by atoms with van der Waals surface area (Å²) in [5, 5.41) is 3.91. The zero-order valence-electron chi connectivity index (χ0n) is 8.19. The van der Waals surface area contributed by atoms with Crippen LogP contribution in [0.5, 0.6) is 0 Å². The van der Waals surface area contributed by atoms with Crippen molar-refractivity contribution in [3.05, 3.63) is 18.7 Å². The average molecular weight is 214 g/mol. The van der Waals surface area contributed by atoms with Crippen LogP contribution >= 0.6 is 11.6 Å². The molecule has 1 aromatic heterocycles. The van der Waals surface area contributed by atoms with E-state index in [0.717, 1.165) is 32.4 Å². The molecule has 0 saturated heterocycles. The molecule has 0 aliphatic heterocycles. The Kier molecular flexibility index (Phi) is 3.43. The maximum absolute atomic E-state index is 5.89. The molecule has 1 aromatic rings. The number of nitrogens with zero attached hydrogens (tertiary/aromatic N) is 2. The standard InChI is InChI=1S/C10H16ClN3/c11-9-6-10(7-9)13-2-1-4-14-5-3-12-8-14/h3,5,8-10,13H,1-2,4,6-7H2. The van der Waals surface area contributed by atoms with Gasteiger partial charge in [-0.15, -0.1) is 11.6 Å². The van der Waals surface area contributed by atoms with E-state index in [1.807, 2.05) is 18.7 Å².